The van der Waals surface area contributed by atoms with Crippen LogP contribution in [0.2, 0.25) is 0 Å². The second-order valence-electron chi connectivity index (χ2n) is 6.15. The highest BCUT2D eigenvalue weighted by Gasteiger charge is 2.50. The van der Waals surface area contributed by atoms with Crippen LogP contribution in [-0.2, 0) is 9.53 Å². The summed E-state index contributed by atoms with van der Waals surface area (Å²) in [4.78, 5) is 12.5. The fourth-order valence-electron chi connectivity index (χ4n) is 3.85. The molecule has 3 aliphatic rings. The van der Waals surface area contributed by atoms with E-state index in [9.17, 15) is 4.79 Å². The Morgan fingerprint density at radius 1 is 1.35 bits per heavy atom. The van der Waals surface area contributed by atoms with Crippen LogP contribution in [0, 0.1) is 11.3 Å². The van der Waals surface area contributed by atoms with Gasteiger partial charge in [0.05, 0.1) is 5.41 Å². The third kappa shape index (κ3) is 1.73. The zero-order valence-corrected chi connectivity index (χ0v) is 10.7. The van der Waals surface area contributed by atoms with Crippen molar-refractivity contribution in [2.45, 2.75) is 63.9 Å². The minimum absolute atomic E-state index is 0.0671. The molecule has 0 amide bonds. The molecule has 2 bridgehead atoms. The van der Waals surface area contributed by atoms with Gasteiger partial charge in [-0.1, -0.05) is 19.1 Å². The topological polar surface area (TPSA) is 26.3 Å². The molecular formula is C15H22O2. The van der Waals surface area contributed by atoms with Crippen LogP contribution in [0.3, 0.4) is 0 Å². The third-order valence-corrected chi connectivity index (χ3v) is 5.15. The van der Waals surface area contributed by atoms with Crippen LogP contribution in [0.4, 0.5) is 0 Å². The average Bonchev–Trinajstić information content (AvgIpc) is 3.05. The molecule has 0 N–H and O–H groups in total. The molecule has 0 aromatic carbocycles. The molecule has 2 heteroatoms. The second-order valence-corrected chi connectivity index (χ2v) is 6.15. The first-order valence-corrected chi connectivity index (χ1v) is 7.11. The van der Waals surface area contributed by atoms with E-state index in [4.69, 9.17) is 4.74 Å². The van der Waals surface area contributed by atoms with E-state index in [0.29, 0.717) is 5.92 Å². The molecule has 2 atom stereocenters. The van der Waals surface area contributed by atoms with Gasteiger partial charge in [-0.25, -0.2) is 0 Å². The maximum absolute atomic E-state index is 12.5. The number of esters is 1. The largest absolute Gasteiger partial charge is 0.458 e. The van der Waals surface area contributed by atoms with Gasteiger partial charge in [0.1, 0.15) is 5.60 Å². The molecule has 94 valence electrons. The zero-order valence-electron chi connectivity index (χ0n) is 10.7. The van der Waals surface area contributed by atoms with E-state index in [2.05, 4.69) is 19.1 Å². The Labute approximate surface area is 103 Å². The number of rotatable bonds is 3. The van der Waals surface area contributed by atoms with Crippen molar-refractivity contribution in [3.05, 3.63) is 12.2 Å². The lowest BCUT2D eigenvalue weighted by atomic mass is 9.87. The number of fused-ring (bicyclic) bond motifs is 2. The van der Waals surface area contributed by atoms with E-state index in [0.717, 1.165) is 32.1 Å². The molecule has 2 saturated carbocycles. The van der Waals surface area contributed by atoms with Crippen molar-refractivity contribution in [1.82, 2.24) is 0 Å². The molecule has 2 unspecified atom stereocenters. The van der Waals surface area contributed by atoms with Crippen molar-refractivity contribution in [2.24, 2.45) is 11.3 Å². The lowest BCUT2D eigenvalue weighted by molar-refractivity contribution is -0.169. The van der Waals surface area contributed by atoms with Crippen molar-refractivity contribution in [3.63, 3.8) is 0 Å². The van der Waals surface area contributed by atoms with E-state index >= 15 is 0 Å². The molecular weight excluding hydrogens is 212 g/mol. The Kier molecular flexibility index (Phi) is 2.57. The highest BCUT2D eigenvalue weighted by molar-refractivity contribution is 5.81. The normalized spacial score (nSPS) is 37.6. The molecule has 2 nitrogen and oxygen atoms in total. The number of allylic oxidation sites excluding steroid dienone is 1. The summed E-state index contributed by atoms with van der Waals surface area (Å²) in [6.45, 7) is 2.15. The number of hydrogen-bond donors (Lipinski definition) is 0. The lowest BCUT2D eigenvalue weighted by Gasteiger charge is -2.32. The van der Waals surface area contributed by atoms with Crippen molar-refractivity contribution < 1.29 is 9.53 Å². The Balaban J connectivity index is 1.73. The van der Waals surface area contributed by atoms with Crippen LogP contribution in [0.1, 0.15) is 58.3 Å². The summed E-state index contributed by atoms with van der Waals surface area (Å²) >= 11 is 0. The first kappa shape index (κ1) is 11.3. The minimum atomic E-state index is -0.241. The molecule has 0 aromatic rings. The zero-order chi connectivity index (χ0) is 11.9. The molecule has 0 spiro atoms. The van der Waals surface area contributed by atoms with E-state index in [-0.39, 0.29) is 17.0 Å². The molecule has 3 rings (SSSR count). The van der Waals surface area contributed by atoms with Gasteiger partial charge < -0.3 is 4.74 Å². The van der Waals surface area contributed by atoms with Crippen molar-refractivity contribution in [3.8, 4) is 0 Å². The molecule has 0 aromatic heterocycles. The smallest absolute Gasteiger partial charge is 0.316 e. The van der Waals surface area contributed by atoms with Gasteiger partial charge in [0.25, 0.3) is 0 Å². The van der Waals surface area contributed by atoms with Crippen LogP contribution in [-0.4, -0.2) is 11.6 Å². The van der Waals surface area contributed by atoms with Crippen molar-refractivity contribution in [2.75, 3.05) is 0 Å². The molecule has 0 heterocycles. The van der Waals surface area contributed by atoms with Gasteiger partial charge >= 0.3 is 5.97 Å². The maximum atomic E-state index is 12.5. The molecule has 0 radical (unpaired) electrons. The summed E-state index contributed by atoms with van der Waals surface area (Å²) < 4.78 is 5.96. The van der Waals surface area contributed by atoms with E-state index in [1.54, 1.807) is 0 Å². The highest BCUT2D eigenvalue weighted by Crippen LogP contribution is 2.51. The predicted molar refractivity (Wildman–Crippen MR) is 66.5 cm³/mol. The third-order valence-electron chi connectivity index (χ3n) is 5.15. The second kappa shape index (κ2) is 3.86. The van der Waals surface area contributed by atoms with E-state index < -0.39 is 0 Å². The standard InChI is InChI=1S/C15H22O2/c1-2-15(7-3-4-8-15)17-13(16)14-9-5-12(11-14)6-10-14/h5,9,12H,2-4,6-8,10-11H2,1H3. The summed E-state index contributed by atoms with van der Waals surface area (Å²) in [5, 5.41) is 0. The van der Waals surface area contributed by atoms with Crippen LogP contribution in [0.5, 0.6) is 0 Å². The van der Waals surface area contributed by atoms with Gasteiger partial charge in [-0.2, -0.15) is 0 Å². The Hall–Kier alpha value is -0.790. The number of hydrogen-bond acceptors (Lipinski definition) is 2. The van der Waals surface area contributed by atoms with Crippen LogP contribution >= 0.6 is 0 Å². The van der Waals surface area contributed by atoms with Gasteiger partial charge in [-0.3, -0.25) is 4.79 Å². The summed E-state index contributed by atoms with van der Waals surface area (Å²) in [6, 6.07) is 0. The summed E-state index contributed by atoms with van der Waals surface area (Å²) in [6.07, 6.45) is 13.1. The fourth-order valence-corrected chi connectivity index (χ4v) is 3.85. The summed E-state index contributed by atoms with van der Waals surface area (Å²) in [7, 11) is 0. The monoisotopic (exact) mass is 234 g/mol. The Morgan fingerprint density at radius 2 is 2.12 bits per heavy atom. The predicted octanol–water partition coefficient (Wildman–Crippen LogP) is 3.61. The minimum Gasteiger partial charge on any atom is -0.458 e. The first-order chi connectivity index (χ1) is 8.18. The summed E-state index contributed by atoms with van der Waals surface area (Å²) in [5.41, 5.74) is -0.365. The number of carbonyl (C=O) groups is 1. The molecule has 2 fully saturated rings. The first-order valence-electron chi connectivity index (χ1n) is 7.11. The maximum Gasteiger partial charge on any atom is 0.316 e. The summed E-state index contributed by atoms with van der Waals surface area (Å²) in [5.74, 6) is 0.709. The van der Waals surface area contributed by atoms with Crippen LogP contribution in [0.15, 0.2) is 12.2 Å². The van der Waals surface area contributed by atoms with Crippen LogP contribution < -0.4 is 0 Å². The molecule has 0 aliphatic heterocycles. The SMILES string of the molecule is CCC1(OC(=O)C23C=CC(CC2)C3)CCCC1. The van der Waals surface area contributed by atoms with Gasteiger partial charge in [0.15, 0.2) is 0 Å². The Morgan fingerprint density at radius 3 is 2.59 bits per heavy atom. The van der Waals surface area contributed by atoms with E-state index in [1.165, 1.54) is 19.3 Å². The van der Waals surface area contributed by atoms with Gasteiger partial charge in [0.2, 0.25) is 0 Å². The van der Waals surface area contributed by atoms with E-state index in [1.807, 2.05) is 0 Å². The number of ether oxygens (including phenoxy) is 1. The highest BCUT2D eigenvalue weighted by atomic mass is 16.6. The van der Waals surface area contributed by atoms with Gasteiger partial charge in [-0.05, 0) is 57.3 Å². The van der Waals surface area contributed by atoms with Crippen molar-refractivity contribution in [1.29, 1.82) is 0 Å². The Bertz CT molecular complexity index is 352. The van der Waals surface area contributed by atoms with Crippen LogP contribution in [0.25, 0.3) is 0 Å². The van der Waals surface area contributed by atoms with Gasteiger partial charge in [0, 0.05) is 0 Å². The molecule has 17 heavy (non-hydrogen) atoms. The average molecular weight is 234 g/mol. The van der Waals surface area contributed by atoms with Gasteiger partial charge in [-0.15, -0.1) is 0 Å². The fraction of sp³-hybridized carbons (Fsp3) is 0.800. The number of carbonyl (C=O) groups excluding carboxylic acids is 1. The molecule has 0 saturated heterocycles. The van der Waals surface area contributed by atoms with Crippen molar-refractivity contribution >= 4 is 5.97 Å². The quantitative estimate of drug-likeness (QED) is 0.551. The molecule has 3 aliphatic carbocycles. The lowest BCUT2D eigenvalue weighted by Crippen LogP contribution is -2.37.